The van der Waals surface area contributed by atoms with Crippen molar-refractivity contribution in [1.82, 2.24) is 30.2 Å². The van der Waals surface area contributed by atoms with Gasteiger partial charge in [-0.15, -0.1) is 0 Å². The molecule has 0 spiro atoms. The maximum atomic E-state index is 12.8. The summed E-state index contributed by atoms with van der Waals surface area (Å²) >= 11 is 0. The Labute approximate surface area is 352 Å². The molecule has 1 saturated heterocycles. The highest BCUT2D eigenvalue weighted by molar-refractivity contribution is 7.61. The number of ether oxygens (including phenoxy) is 1. The summed E-state index contributed by atoms with van der Waals surface area (Å²) in [5, 5.41) is 53.3. The smallest absolute Gasteiger partial charge is 0.481 e. The van der Waals surface area contributed by atoms with Gasteiger partial charge in [0.25, 0.3) is 0 Å². The Balaban J connectivity index is 1.35. The number of hydrogen-bond donors (Lipinski definition) is 12. The Kier molecular flexibility index (Phi) is 19.5. The second-order valence-corrected chi connectivity index (χ2v) is 19.8. The fourth-order valence-electron chi connectivity index (χ4n) is 5.94. The molecule has 0 aliphatic carbocycles. The number of aliphatic hydroxyl groups is 2. The standard InChI is InChI=1S/C31H51N8O20P3/c1-16(27(43)38-19(31(48)49)9-11-60(50,51)13-17(29(44)45)6-5-7-18(32)30(46)47)37-21(40)8-3-2-4-10-56-61(52,53)59-62(54,55)57-12-20-23(41)24(42)28(58-20)39-15-36-22-25(33)34-14-35-26(22)39/h14-20,23-24,28,41-42H,2-13,32H2,1H3,(H,37,40)(H,38,43)(H,44,45)(H,46,47)(H,48,49)(H,50,51)(H,52,53)(H,54,55)(H2,33,34,35)/t16-,17?,18+,19+,20+,23+,24+,28+/m0/s1. The van der Waals surface area contributed by atoms with E-state index in [9.17, 15) is 72.8 Å². The van der Waals surface area contributed by atoms with Gasteiger partial charge in [0.15, 0.2) is 17.7 Å². The number of carbonyl (C=O) groups is 5. The summed E-state index contributed by atoms with van der Waals surface area (Å²) in [6, 6.07) is -4.19. The van der Waals surface area contributed by atoms with E-state index in [0.717, 1.165) is 6.33 Å². The summed E-state index contributed by atoms with van der Waals surface area (Å²) in [5.74, 6) is -7.18. The number of nitrogens with two attached hydrogens (primary N) is 2. The molecule has 2 amide bonds. The molecule has 2 aromatic heterocycles. The van der Waals surface area contributed by atoms with Crippen LogP contribution >= 0.6 is 23.0 Å². The Morgan fingerprint density at radius 1 is 0.871 bits per heavy atom. The topological polar surface area (TPSA) is 455 Å². The lowest BCUT2D eigenvalue weighted by atomic mass is 10.0. The number of aliphatic hydroxyl groups excluding tert-OH is 2. The molecule has 31 heteroatoms. The van der Waals surface area contributed by atoms with Crippen LogP contribution in [0, 0.1) is 5.92 Å². The van der Waals surface area contributed by atoms with Crippen LogP contribution in [0.3, 0.4) is 0 Å². The fraction of sp³-hybridized carbons (Fsp3) is 0.677. The van der Waals surface area contributed by atoms with E-state index >= 15 is 0 Å². The number of phosphoric ester groups is 2. The van der Waals surface area contributed by atoms with E-state index in [0.29, 0.717) is 0 Å². The summed E-state index contributed by atoms with van der Waals surface area (Å²) < 4.78 is 58.0. The van der Waals surface area contributed by atoms with Crippen LogP contribution < -0.4 is 22.1 Å². The van der Waals surface area contributed by atoms with Crippen molar-refractivity contribution in [2.24, 2.45) is 11.7 Å². The van der Waals surface area contributed by atoms with E-state index in [4.69, 9.17) is 30.4 Å². The summed E-state index contributed by atoms with van der Waals surface area (Å²) in [5.41, 5.74) is 11.5. The summed E-state index contributed by atoms with van der Waals surface area (Å²) in [4.78, 5) is 101. The normalized spacial score (nSPS) is 22.6. The number of carboxylic acids is 3. The van der Waals surface area contributed by atoms with E-state index in [-0.39, 0.29) is 61.9 Å². The molecule has 1 fully saturated rings. The number of rotatable bonds is 28. The molecule has 2 aromatic rings. The minimum Gasteiger partial charge on any atom is -0.481 e. The van der Waals surface area contributed by atoms with Gasteiger partial charge in [0.1, 0.15) is 48.3 Å². The first-order chi connectivity index (χ1) is 28.8. The number of nitrogen functional groups attached to an aromatic ring is 1. The maximum Gasteiger partial charge on any atom is 0.481 e. The molecule has 1 aliphatic heterocycles. The first-order valence-corrected chi connectivity index (χ1v) is 23.8. The Bertz CT molecular complexity index is 2040. The van der Waals surface area contributed by atoms with Crippen molar-refractivity contribution in [1.29, 1.82) is 0 Å². The van der Waals surface area contributed by atoms with E-state index in [1.54, 1.807) is 0 Å². The highest BCUT2D eigenvalue weighted by Gasteiger charge is 2.46. The van der Waals surface area contributed by atoms with Crippen LogP contribution in [0.4, 0.5) is 5.82 Å². The van der Waals surface area contributed by atoms with Gasteiger partial charge < -0.3 is 67.1 Å². The van der Waals surface area contributed by atoms with Gasteiger partial charge in [0.05, 0.1) is 25.5 Å². The number of aliphatic carboxylic acids is 3. The first kappa shape index (κ1) is 52.3. The number of carboxylic acid groups (broad SMARTS) is 3. The molecule has 3 heterocycles. The zero-order chi connectivity index (χ0) is 46.6. The second kappa shape index (κ2) is 23.1. The monoisotopic (exact) mass is 948 g/mol. The number of fused-ring (bicyclic) bond motifs is 1. The lowest BCUT2D eigenvalue weighted by Gasteiger charge is -2.21. The minimum atomic E-state index is -5.32. The van der Waals surface area contributed by atoms with Crippen molar-refractivity contribution >= 4 is 69.7 Å². The maximum absolute atomic E-state index is 12.8. The number of phosphoric acid groups is 2. The number of aromatic nitrogens is 4. The van der Waals surface area contributed by atoms with E-state index < -0.39 is 133 Å². The molecule has 14 N–H and O–H groups in total. The number of unbranched alkanes of at least 4 members (excludes halogenated alkanes) is 2. The molecule has 350 valence electrons. The third-order valence-electron chi connectivity index (χ3n) is 9.30. The molecule has 1 aliphatic rings. The van der Waals surface area contributed by atoms with Crippen molar-refractivity contribution in [2.75, 3.05) is 31.3 Å². The quantitative estimate of drug-likeness (QED) is 0.0354. The number of nitrogens with zero attached hydrogens (tertiary/aromatic N) is 4. The molecule has 0 aromatic carbocycles. The van der Waals surface area contributed by atoms with Crippen LogP contribution in [0.2, 0.25) is 0 Å². The van der Waals surface area contributed by atoms with Crippen molar-refractivity contribution in [3.05, 3.63) is 12.7 Å². The minimum absolute atomic E-state index is 0.0339. The molecule has 3 rings (SSSR count). The van der Waals surface area contributed by atoms with Crippen LogP contribution in [0.5, 0.6) is 0 Å². The number of carbonyl (C=O) groups excluding carboxylic acids is 2. The molecule has 62 heavy (non-hydrogen) atoms. The average Bonchev–Trinajstić information content (AvgIpc) is 3.72. The number of nitrogens with one attached hydrogen (secondary N) is 2. The lowest BCUT2D eigenvalue weighted by Crippen LogP contribution is -2.50. The van der Waals surface area contributed by atoms with E-state index in [2.05, 4.69) is 29.9 Å². The molecule has 0 saturated carbocycles. The number of anilines is 1. The van der Waals surface area contributed by atoms with Crippen LogP contribution in [-0.2, 0) is 55.8 Å². The third kappa shape index (κ3) is 16.3. The highest BCUT2D eigenvalue weighted by atomic mass is 31.3. The SMILES string of the molecule is C[C@H](NC(=O)CCCCCOP(=O)(O)OP(=O)(O)OC[C@H]1O[C@@H](n2cnc3c(N)ncnc32)[C@H](O)[C@@H]1O)C(=O)N[C@H](CCP(=O)(O)CC(CCC[C@@H](N)C(=O)O)C(=O)O)C(=O)O. The molecule has 28 nitrogen and oxygen atoms in total. The molecule has 4 unspecified atom stereocenters. The van der Waals surface area contributed by atoms with Crippen LogP contribution in [0.25, 0.3) is 11.2 Å². The Morgan fingerprint density at radius 2 is 1.55 bits per heavy atom. The Hall–Kier alpha value is -4.01. The van der Waals surface area contributed by atoms with Gasteiger partial charge in [-0.3, -0.25) is 37.4 Å². The van der Waals surface area contributed by atoms with Gasteiger partial charge in [-0.25, -0.2) is 28.9 Å². The zero-order valence-corrected chi connectivity index (χ0v) is 35.7. The van der Waals surface area contributed by atoms with Gasteiger partial charge in [-0.05, 0) is 39.0 Å². The van der Waals surface area contributed by atoms with E-state index in [1.165, 1.54) is 17.8 Å². The van der Waals surface area contributed by atoms with Crippen LogP contribution in [0.1, 0.15) is 64.5 Å². The van der Waals surface area contributed by atoms with Crippen molar-refractivity contribution in [3.63, 3.8) is 0 Å². The fourth-order valence-corrected chi connectivity index (χ4v) is 9.93. The first-order valence-electron chi connectivity index (χ1n) is 18.8. The second-order valence-electron chi connectivity index (χ2n) is 14.2. The lowest BCUT2D eigenvalue weighted by molar-refractivity contribution is -0.142. The zero-order valence-electron chi connectivity index (χ0n) is 33.0. The molecule has 0 bridgehead atoms. The number of amides is 2. The van der Waals surface area contributed by atoms with Crippen LogP contribution in [0.15, 0.2) is 12.7 Å². The molecular weight excluding hydrogens is 897 g/mol. The Morgan fingerprint density at radius 3 is 2.19 bits per heavy atom. The van der Waals surface area contributed by atoms with Gasteiger partial charge >= 0.3 is 33.6 Å². The van der Waals surface area contributed by atoms with Crippen molar-refractivity contribution in [3.8, 4) is 0 Å². The summed E-state index contributed by atoms with van der Waals surface area (Å²) in [6.45, 7) is -0.142. The molecule has 11 atom stereocenters. The predicted molar refractivity (Wildman–Crippen MR) is 209 cm³/mol. The summed E-state index contributed by atoms with van der Waals surface area (Å²) in [6.07, 6.45) is -5.59. The van der Waals surface area contributed by atoms with Gasteiger partial charge in [0, 0.05) is 18.7 Å². The number of imidazole rings is 1. The van der Waals surface area contributed by atoms with Gasteiger partial charge in [-0.1, -0.05) is 12.8 Å². The number of hydrogen-bond acceptors (Lipinski definition) is 19. The highest BCUT2D eigenvalue weighted by Crippen LogP contribution is 2.60. The summed E-state index contributed by atoms with van der Waals surface area (Å²) in [7, 11) is -14.8. The van der Waals surface area contributed by atoms with Crippen molar-refractivity contribution in [2.45, 2.75) is 101 Å². The average molecular weight is 949 g/mol. The third-order valence-corrected chi connectivity index (χ3v) is 13.9. The van der Waals surface area contributed by atoms with Crippen molar-refractivity contribution < 1.29 is 96.0 Å². The van der Waals surface area contributed by atoms with Gasteiger partial charge in [-0.2, -0.15) is 4.31 Å². The largest absolute Gasteiger partial charge is 0.481 e. The van der Waals surface area contributed by atoms with Crippen LogP contribution in [-0.4, -0.2) is 151 Å². The molecule has 0 radical (unpaired) electrons. The predicted octanol–water partition coefficient (Wildman–Crippen LogP) is -1.14. The molecular formula is C31H51N8O20P3. The van der Waals surface area contributed by atoms with Gasteiger partial charge in [0.2, 0.25) is 19.2 Å². The van der Waals surface area contributed by atoms with E-state index in [1.807, 2.05) is 0 Å².